The molecule has 0 bridgehead atoms. The third kappa shape index (κ3) is 4.49. The van der Waals surface area contributed by atoms with Crippen LogP contribution in [0.5, 0.6) is 0 Å². The van der Waals surface area contributed by atoms with Crippen LogP contribution in [0.2, 0.25) is 0 Å². The van der Waals surface area contributed by atoms with E-state index in [1.807, 2.05) is 6.92 Å². The molecule has 0 aliphatic carbocycles. The summed E-state index contributed by atoms with van der Waals surface area (Å²) in [6, 6.07) is 6.31. The Bertz CT molecular complexity index is 511. The summed E-state index contributed by atoms with van der Waals surface area (Å²) in [5, 5.41) is 9.45. The molecule has 0 aliphatic rings. The van der Waals surface area contributed by atoms with E-state index in [0.717, 1.165) is 5.56 Å². The summed E-state index contributed by atoms with van der Waals surface area (Å²) in [5.41, 5.74) is 0.961. The molecular weight excluding hydrogens is 252 g/mol. The topological polar surface area (TPSA) is 63.6 Å². The van der Waals surface area contributed by atoms with E-state index >= 15 is 0 Å². The van der Waals surface area contributed by atoms with E-state index in [1.165, 1.54) is 12.1 Å². The van der Waals surface area contributed by atoms with Crippen LogP contribution in [0.25, 0.3) is 0 Å². The van der Waals surface area contributed by atoms with Gasteiger partial charge in [-0.3, -0.25) is 4.18 Å². The lowest BCUT2D eigenvalue weighted by Gasteiger charge is -2.10. The third-order valence-corrected chi connectivity index (χ3v) is 3.64. The van der Waals surface area contributed by atoms with Gasteiger partial charge in [0.15, 0.2) is 0 Å². The second kappa shape index (κ2) is 6.55. The number of benzene rings is 1. The standard InChI is InChI=1S/C13H16O4S/c1-3-4-5-12(14)10-17-18(15,16)13-8-6-11(2)7-9-13/h1,6-9,12,14H,4-5,10H2,2H3/t12-/m0/s1. The summed E-state index contributed by atoms with van der Waals surface area (Å²) in [5.74, 6) is 2.37. The van der Waals surface area contributed by atoms with Crippen molar-refractivity contribution in [1.29, 1.82) is 0 Å². The van der Waals surface area contributed by atoms with E-state index in [-0.39, 0.29) is 11.5 Å². The highest BCUT2D eigenvalue weighted by molar-refractivity contribution is 7.86. The lowest BCUT2D eigenvalue weighted by Crippen LogP contribution is -2.18. The molecule has 1 atom stereocenters. The average Bonchev–Trinajstić information content (AvgIpc) is 2.34. The maximum Gasteiger partial charge on any atom is 0.297 e. The van der Waals surface area contributed by atoms with Gasteiger partial charge in [0, 0.05) is 6.42 Å². The molecule has 1 aromatic carbocycles. The molecule has 5 heteroatoms. The predicted molar refractivity (Wildman–Crippen MR) is 68.4 cm³/mol. The van der Waals surface area contributed by atoms with Gasteiger partial charge in [0.05, 0.1) is 17.6 Å². The number of terminal acetylenes is 1. The second-order valence-corrected chi connectivity index (χ2v) is 5.56. The van der Waals surface area contributed by atoms with Gasteiger partial charge >= 0.3 is 0 Å². The number of hydrogen-bond donors (Lipinski definition) is 1. The summed E-state index contributed by atoms with van der Waals surface area (Å²) in [4.78, 5) is 0.0808. The van der Waals surface area contributed by atoms with Crippen LogP contribution in [0.15, 0.2) is 29.2 Å². The van der Waals surface area contributed by atoms with Crippen LogP contribution in [0.3, 0.4) is 0 Å². The molecule has 1 N–H and O–H groups in total. The first-order valence-corrected chi connectivity index (χ1v) is 6.94. The van der Waals surface area contributed by atoms with Gasteiger partial charge in [0.2, 0.25) is 0 Å². The molecule has 0 aliphatic heterocycles. The van der Waals surface area contributed by atoms with Crippen LogP contribution in [0.4, 0.5) is 0 Å². The highest BCUT2D eigenvalue weighted by Crippen LogP contribution is 2.13. The molecule has 0 heterocycles. The Morgan fingerprint density at radius 3 is 2.56 bits per heavy atom. The normalized spacial score (nSPS) is 12.9. The first kappa shape index (κ1) is 14.7. The summed E-state index contributed by atoms with van der Waals surface area (Å²) in [7, 11) is -3.81. The Hall–Kier alpha value is -1.35. The Labute approximate surface area is 108 Å². The third-order valence-electron chi connectivity index (χ3n) is 2.35. The summed E-state index contributed by atoms with van der Waals surface area (Å²) in [6.07, 6.45) is 4.87. The van der Waals surface area contributed by atoms with Crippen LogP contribution in [0.1, 0.15) is 18.4 Å². The van der Waals surface area contributed by atoms with Crippen LogP contribution >= 0.6 is 0 Å². The van der Waals surface area contributed by atoms with Crippen molar-refractivity contribution in [3.05, 3.63) is 29.8 Å². The van der Waals surface area contributed by atoms with Gasteiger partial charge in [-0.25, -0.2) is 0 Å². The van der Waals surface area contributed by atoms with Crippen molar-refractivity contribution < 1.29 is 17.7 Å². The van der Waals surface area contributed by atoms with E-state index in [9.17, 15) is 13.5 Å². The largest absolute Gasteiger partial charge is 0.391 e. The minimum Gasteiger partial charge on any atom is -0.391 e. The zero-order valence-corrected chi connectivity index (χ0v) is 11.0. The number of hydrogen-bond acceptors (Lipinski definition) is 4. The Morgan fingerprint density at radius 2 is 2.00 bits per heavy atom. The fourth-order valence-electron chi connectivity index (χ4n) is 1.27. The molecule has 0 saturated heterocycles. The Balaban J connectivity index is 2.60. The van der Waals surface area contributed by atoms with Crippen molar-refractivity contribution in [1.82, 2.24) is 0 Å². The van der Waals surface area contributed by atoms with Crippen molar-refractivity contribution >= 4 is 10.1 Å². The van der Waals surface area contributed by atoms with Crippen molar-refractivity contribution in [3.8, 4) is 12.3 Å². The molecule has 1 rings (SSSR count). The molecule has 1 aromatic rings. The van der Waals surface area contributed by atoms with Gasteiger partial charge in [0.25, 0.3) is 10.1 Å². The fraction of sp³-hybridized carbons (Fsp3) is 0.385. The lowest BCUT2D eigenvalue weighted by atomic mass is 10.2. The van der Waals surface area contributed by atoms with Crippen LogP contribution < -0.4 is 0 Å². The van der Waals surface area contributed by atoms with Crippen molar-refractivity contribution in [3.63, 3.8) is 0 Å². The van der Waals surface area contributed by atoms with Crippen molar-refractivity contribution in [2.75, 3.05) is 6.61 Å². The number of aryl methyl sites for hydroxylation is 1. The molecule has 0 spiro atoms. The first-order valence-electron chi connectivity index (χ1n) is 5.53. The maximum atomic E-state index is 11.7. The van der Waals surface area contributed by atoms with E-state index in [2.05, 4.69) is 5.92 Å². The molecule has 0 radical (unpaired) electrons. The molecule has 0 amide bonds. The molecule has 18 heavy (non-hydrogen) atoms. The number of rotatable bonds is 6. The van der Waals surface area contributed by atoms with Gasteiger partial charge < -0.3 is 5.11 Å². The molecule has 98 valence electrons. The predicted octanol–water partition coefficient (Wildman–Crippen LogP) is 1.47. The highest BCUT2D eigenvalue weighted by atomic mass is 32.2. The first-order chi connectivity index (χ1) is 8.45. The monoisotopic (exact) mass is 268 g/mol. The summed E-state index contributed by atoms with van der Waals surface area (Å²) < 4.78 is 28.3. The van der Waals surface area contributed by atoms with E-state index in [1.54, 1.807) is 12.1 Å². The molecule has 0 saturated carbocycles. The minimum atomic E-state index is -3.81. The van der Waals surface area contributed by atoms with Gasteiger partial charge in [0.1, 0.15) is 0 Å². The number of aliphatic hydroxyl groups excluding tert-OH is 1. The molecule has 0 unspecified atom stereocenters. The molecular formula is C13H16O4S. The average molecular weight is 268 g/mol. The highest BCUT2D eigenvalue weighted by Gasteiger charge is 2.16. The van der Waals surface area contributed by atoms with E-state index < -0.39 is 16.2 Å². The molecule has 4 nitrogen and oxygen atoms in total. The zero-order valence-electron chi connectivity index (χ0n) is 10.2. The van der Waals surface area contributed by atoms with Gasteiger partial charge in [-0.15, -0.1) is 12.3 Å². The van der Waals surface area contributed by atoms with E-state index in [4.69, 9.17) is 10.6 Å². The Morgan fingerprint density at radius 1 is 1.39 bits per heavy atom. The maximum absolute atomic E-state index is 11.7. The minimum absolute atomic E-state index is 0.0808. The lowest BCUT2D eigenvalue weighted by molar-refractivity contribution is 0.104. The zero-order chi connectivity index (χ0) is 13.6. The van der Waals surface area contributed by atoms with Crippen LogP contribution in [0, 0.1) is 19.3 Å². The van der Waals surface area contributed by atoms with Crippen LogP contribution in [-0.2, 0) is 14.3 Å². The smallest absolute Gasteiger partial charge is 0.297 e. The van der Waals surface area contributed by atoms with Crippen LogP contribution in [-0.4, -0.2) is 26.2 Å². The second-order valence-electron chi connectivity index (χ2n) is 3.95. The summed E-state index contributed by atoms with van der Waals surface area (Å²) >= 11 is 0. The number of aliphatic hydroxyl groups is 1. The van der Waals surface area contributed by atoms with Crippen molar-refractivity contribution in [2.45, 2.75) is 30.8 Å². The SMILES string of the molecule is C#CCC[C@H](O)COS(=O)(=O)c1ccc(C)cc1. The molecule has 0 aromatic heterocycles. The van der Waals surface area contributed by atoms with E-state index in [0.29, 0.717) is 12.8 Å². The van der Waals surface area contributed by atoms with Gasteiger partial charge in [-0.1, -0.05) is 17.7 Å². The fourth-order valence-corrected chi connectivity index (χ4v) is 2.22. The quantitative estimate of drug-likeness (QED) is 0.627. The molecule has 0 fully saturated rings. The van der Waals surface area contributed by atoms with Gasteiger partial charge in [-0.05, 0) is 25.5 Å². The Kier molecular flexibility index (Phi) is 5.35. The van der Waals surface area contributed by atoms with Gasteiger partial charge in [-0.2, -0.15) is 8.42 Å². The van der Waals surface area contributed by atoms with Crippen molar-refractivity contribution in [2.24, 2.45) is 0 Å². The summed E-state index contributed by atoms with van der Waals surface area (Å²) in [6.45, 7) is 1.58.